The van der Waals surface area contributed by atoms with Crippen molar-refractivity contribution < 1.29 is 0 Å². The molecular formula is C52H44. The lowest BCUT2D eigenvalue weighted by molar-refractivity contribution is 0.219. The van der Waals surface area contributed by atoms with E-state index in [-0.39, 0.29) is 10.8 Å². The van der Waals surface area contributed by atoms with E-state index in [0.717, 1.165) is 6.42 Å². The van der Waals surface area contributed by atoms with Gasteiger partial charge in [0.05, 0.1) is 0 Å². The molecule has 3 aliphatic carbocycles. The molecule has 252 valence electrons. The zero-order valence-electron chi connectivity index (χ0n) is 30.5. The van der Waals surface area contributed by atoms with Gasteiger partial charge in [0.2, 0.25) is 0 Å². The number of hydrogen-bond donors (Lipinski definition) is 0. The highest BCUT2D eigenvalue weighted by Gasteiger charge is 2.52. The van der Waals surface area contributed by atoms with Crippen molar-refractivity contribution >= 4 is 21.5 Å². The molecule has 0 saturated heterocycles. The summed E-state index contributed by atoms with van der Waals surface area (Å²) in [5.74, 6) is 1.47. The zero-order chi connectivity index (χ0) is 35.2. The summed E-state index contributed by atoms with van der Waals surface area (Å²) < 4.78 is 0. The Morgan fingerprint density at radius 2 is 1.04 bits per heavy atom. The van der Waals surface area contributed by atoms with Crippen LogP contribution in [0.3, 0.4) is 0 Å². The van der Waals surface area contributed by atoms with Crippen molar-refractivity contribution in [3.63, 3.8) is 0 Å². The minimum absolute atomic E-state index is 0.0750. The van der Waals surface area contributed by atoms with Crippen LogP contribution in [0.25, 0.3) is 54.9 Å². The number of rotatable bonds is 3. The van der Waals surface area contributed by atoms with Crippen molar-refractivity contribution in [2.45, 2.75) is 50.9 Å². The molecule has 0 bridgehead atoms. The van der Waals surface area contributed by atoms with Gasteiger partial charge in [-0.15, -0.1) is 0 Å². The van der Waals surface area contributed by atoms with E-state index in [1.807, 2.05) is 0 Å². The maximum atomic E-state index is 2.52. The lowest BCUT2D eigenvalue weighted by Gasteiger charge is -2.51. The number of allylic oxidation sites excluding steroid dienone is 4. The first-order valence-electron chi connectivity index (χ1n) is 19.0. The van der Waals surface area contributed by atoms with Crippen molar-refractivity contribution in [2.24, 2.45) is 11.8 Å². The van der Waals surface area contributed by atoms with Gasteiger partial charge in [0, 0.05) is 5.41 Å². The summed E-state index contributed by atoms with van der Waals surface area (Å²) in [4.78, 5) is 0. The third-order valence-electron chi connectivity index (χ3n) is 13.1. The van der Waals surface area contributed by atoms with Gasteiger partial charge in [-0.3, -0.25) is 0 Å². The van der Waals surface area contributed by atoms with Gasteiger partial charge in [-0.25, -0.2) is 0 Å². The van der Waals surface area contributed by atoms with Crippen LogP contribution in [0.2, 0.25) is 0 Å². The second kappa shape index (κ2) is 11.5. The van der Waals surface area contributed by atoms with E-state index >= 15 is 0 Å². The summed E-state index contributed by atoms with van der Waals surface area (Å²) in [5, 5.41) is 5.16. The SMILES string of the molecule is CC1(C)C2=CC=CC3C2C(Cc2ccc(-c4ccc(-c5c6ccccc6c(-c6ccccc6)c6ccccc56)cc4)cc21)c1ccccc1C3(C)C. The monoisotopic (exact) mass is 668 g/mol. The predicted molar refractivity (Wildman–Crippen MR) is 221 cm³/mol. The number of benzene rings is 7. The first-order valence-corrected chi connectivity index (χ1v) is 19.0. The molecule has 0 N–H and O–H groups in total. The third kappa shape index (κ3) is 4.53. The summed E-state index contributed by atoms with van der Waals surface area (Å²) in [6, 6.07) is 54.7. The van der Waals surface area contributed by atoms with Gasteiger partial charge in [0.1, 0.15) is 0 Å². The highest BCUT2D eigenvalue weighted by Crippen LogP contribution is 2.60. The second-order valence-corrected chi connectivity index (χ2v) is 16.5. The van der Waals surface area contributed by atoms with E-state index in [1.54, 1.807) is 11.1 Å². The van der Waals surface area contributed by atoms with Crippen LogP contribution in [-0.2, 0) is 17.3 Å². The van der Waals surface area contributed by atoms with E-state index in [1.165, 1.54) is 71.6 Å². The smallest absolute Gasteiger partial charge is 0.0114 e. The molecule has 3 atom stereocenters. The molecule has 0 aromatic heterocycles. The second-order valence-electron chi connectivity index (χ2n) is 16.5. The molecule has 3 aliphatic rings. The van der Waals surface area contributed by atoms with E-state index in [2.05, 4.69) is 192 Å². The Kier molecular flexibility index (Phi) is 6.93. The predicted octanol–water partition coefficient (Wildman–Crippen LogP) is 13.6. The molecule has 7 aromatic rings. The molecular weight excluding hydrogens is 625 g/mol. The molecule has 0 nitrogen and oxygen atoms in total. The van der Waals surface area contributed by atoms with Crippen LogP contribution in [0.5, 0.6) is 0 Å². The molecule has 10 rings (SSSR count). The Hall–Kier alpha value is -5.46. The largest absolute Gasteiger partial charge is 0.0799 e. The molecule has 0 aliphatic heterocycles. The standard InChI is InChI=1S/C52H44/c1-51(2)44-22-13-12-17-38(44)43-31-37-30-29-36(32-47(37)52(3,4)46-24-14-23-45(51)50(43)46)33-25-27-35(28-26-33)49-41-20-10-8-18-39(41)48(34-15-6-5-7-16-34)40-19-9-11-21-42(40)49/h5-30,32,43,45,50H,31H2,1-4H3. The molecule has 0 amide bonds. The van der Waals surface area contributed by atoms with E-state index in [0.29, 0.717) is 17.8 Å². The van der Waals surface area contributed by atoms with Crippen molar-refractivity contribution in [1.82, 2.24) is 0 Å². The van der Waals surface area contributed by atoms with Gasteiger partial charge >= 0.3 is 0 Å². The quantitative estimate of drug-likeness (QED) is 0.164. The minimum atomic E-state index is -0.0750. The van der Waals surface area contributed by atoms with Crippen molar-refractivity contribution in [3.05, 3.63) is 192 Å². The van der Waals surface area contributed by atoms with Crippen LogP contribution in [0, 0.1) is 11.8 Å². The van der Waals surface area contributed by atoms with Gasteiger partial charge in [-0.1, -0.05) is 197 Å². The van der Waals surface area contributed by atoms with Crippen LogP contribution < -0.4 is 0 Å². The Bertz CT molecular complexity index is 2540. The molecule has 0 spiro atoms. The first-order chi connectivity index (χ1) is 25.3. The third-order valence-corrected chi connectivity index (χ3v) is 13.1. The molecule has 7 aromatic carbocycles. The van der Waals surface area contributed by atoms with Gasteiger partial charge < -0.3 is 0 Å². The van der Waals surface area contributed by atoms with Crippen molar-refractivity contribution in [2.75, 3.05) is 0 Å². The fourth-order valence-corrected chi connectivity index (χ4v) is 10.6. The summed E-state index contributed by atoms with van der Waals surface area (Å²) in [6.07, 6.45) is 8.42. The molecule has 3 unspecified atom stereocenters. The van der Waals surface area contributed by atoms with Crippen LogP contribution in [-0.4, -0.2) is 0 Å². The number of hydrogen-bond acceptors (Lipinski definition) is 0. The fourth-order valence-electron chi connectivity index (χ4n) is 10.6. The molecule has 0 saturated carbocycles. The van der Waals surface area contributed by atoms with E-state index in [9.17, 15) is 0 Å². The molecule has 0 heterocycles. The van der Waals surface area contributed by atoms with Crippen molar-refractivity contribution in [1.29, 1.82) is 0 Å². The van der Waals surface area contributed by atoms with Crippen molar-refractivity contribution in [3.8, 4) is 33.4 Å². The molecule has 0 radical (unpaired) electrons. The van der Waals surface area contributed by atoms with Gasteiger partial charge in [0.15, 0.2) is 0 Å². The summed E-state index contributed by atoms with van der Waals surface area (Å²) in [5.41, 5.74) is 15.3. The van der Waals surface area contributed by atoms with Crippen LogP contribution in [0.1, 0.15) is 55.9 Å². The van der Waals surface area contributed by atoms with Gasteiger partial charge in [-0.2, -0.15) is 0 Å². The molecule has 0 heteroatoms. The summed E-state index contributed by atoms with van der Waals surface area (Å²) in [6.45, 7) is 9.89. The average molecular weight is 669 g/mol. The highest BCUT2D eigenvalue weighted by molar-refractivity contribution is 6.21. The Morgan fingerprint density at radius 1 is 0.500 bits per heavy atom. The fraction of sp³-hybridized carbons (Fsp3) is 0.192. The summed E-state index contributed by atoms with van der Waals surface area (Å²) >= 11 is 0. The minimum Gasteiger partial charge on any atom is -0.0799 e. The average Bonchev–Trinajstić information content (AvgIpc) is 3.28. The van der Waals surface area contributed by atoms with Crippen LogP contribution in [0.15, 0.2) is 169 Å². The summed E-state index contributed by atoms with van der Waals surface area (Å²) in [7, 11) is 0. The lowest BCUT2D eigenvalue weighted by atomic mass is 9.52. The molecule has 0 fully saturated rings. The lowest BCUT2D eigenvalue weighted by Crippen LogP contribution is -2.45. The van der Waals surface area contributed by atoms with Gasteiger partial charge in [0.25, 0.3) is 0 Å². The zero-order valence-corrected chi connectivity index (χ0v) is 30.5. The Morgan fingerprint density at radius 3 is 1.69 bits per heavy atom. The van der Waals surface area contributed by atoms with Crippen LogP contribution in [0.4, 0.5) is 0 Å². The van der Waals surface area contributed by atoms with E-state index < -0.39 is 0 Å². The maximum absolute atomic E-state index is 2.52. The maximum Gasteiger partial charge on any atom is 0.0114 e. The Labute approximate surface area is 308 Å². The normalized spacial score (nSPS) is 20.8. The van der Waals surface area contributed by atoms with E-state index in [4.69, 9.17) is 0 Å². The van der Waals surface area contributed by atoms with Gasteiger partial charge in [-0.05, 0) is 107 Å². The topological polar surface area (TPSA) is 0 Å². The number of fused-ring (bicyclic) bond motifs is 5. The molecule has 52 heavy (non-hydrogen) atoms. The van der Waals surface area contributed by atoms with Crippen LogP contribution >= 0.6 is 0 Å². The Balaban J connectivity index is 1.08. The highest BCUT2D eigenvalue weighted by atomic mass is 14.6. The first kappa shape index (κ1) is 31.3.